The number of thioether (sulfide) groups is 1. The van der Waals surface area contributed by atoms with Crippen molar-refractivity contribution in [3.8, 4) is 0 Å². The first-order chi connectivity index (χ1) is 8.63. The Hall–Kier alpha value is -0.510. The van der Waals surface area contributed by atoms with Crippen LogP contribution >= 0.6 is 11.8 Å². The molecule has 1 heterocycles. The fourth-order valence-corrected chi connectivity index (χ4v) is 3.02. The average Bonchev–Trinajstić information content (AvgIpc) is 2.67. The van der Waals surface area contributed by atoms with Gasteiger partial charge in [-0.15, -0.1) is 0 Å². The summed E-state index contributed by atoms with van der Waals surface area (Å²) in [5, 5.41) is 0.153. The highest BCUT2D eigenvalue weighted by molar-refractivity contribution is 8.13. The van der Waals surface area contributed by atoms with Gasteiger partial charge < -0.3 is 4.90 Å². The second-order valence-electron chi connectivity index (χ2n) is 5.13. The first-order valence-corrected chi connectivity index (χ1v) is 8.03. The summed E-state index contributed by atoms with van der Waals surface area (Å²) in [4.78, 5) is 24.7. The predicted octanol–water partition coefficient (Wildman–Crippen LogP) is 3.09. The minimum Gasteiger partial charge on any atom is -0.342 e. The molecule has 1 aliphatic heterocycles. The van der Waals surface area contributed by atoms with E-state index in [-0.39, 0.29) is 11.0 Å². The SMILES string of the molecule is CCCCCCCN1CC(CSC(C)=O)CC1=O. The van der Waals surface area contributed by atoms with Crippen molar-refractivity contribution < 1.29 is 9.59 Å². The predicted molar refractivity (Wildman–Crippen MR) is 76.6 cm³/mol. The van der Waals surface area contributed by atoms with Gasteiger partial charge in [-0.1, -0.05) is 44.4 Å². The molecule has 1 atom stereocenters. The first-order valence-electron chi connectivity index (χ1n) is 7.04. The molecule has 0 bridgehead atoms. The van der Waals surface area contributed by atoms with Crippen LogP contribution in [0.4, 0.5) is 0 Å². The summed E-state index contributed by atoms with van der Waals surface area (Å²) in [5.74, 6) is 1.45. The van der Waals surface area contributed by atoms with E-state index in [2.05, 4.69) is 6.92 Å². The summed E-state index contributed by atoms with van der Waals surface area (Å²) in [6.45, 7) is 5.56. The number of unbranched alkanes of at least 4 members (excludes halogenated alkanes) is 4. The summed E-state index contributed by atoms with van der Waals surface area (Å²) in [6.07, 6.45) is 6.82. The van der Waals surface area contributed by atoms with Crippen molar-refractivity contribution in [3.63, 3.8) is 0 Å². The van der Waals surface area contributed by atoms with Crippen LogP contribution in [0.2, 0.25) is 0 Å². The maximum absolute atomic E-state index is 11.8. The molecular weight excluding hydrogens is 246 g/mol. The summed E-state index contributed by atoms with van der Waals surface area (Å²) < 4.78 is 0. The molecule has 104 valence electrons. The van der Waals surface area contributed by atoms with Gasteiger partial charge in [0.15, 0.2) is 5.12 Å². The molecular formula is C14H25NO2S. The summed E-state index contributed by atoms with van der Waals surface area (Å²) >= 11 is 1.35. The van der Waals surface area contributed by atoms with Crippen LogP contribution in [0.25, 0.3) is 0 Å². The fourth-order valence-electron chi connectivity index (χ4n) is 2.32. The zero-order valence-corrected chi connectivity index (χ0v) is 12.4. The third-order valence-corrected chi connectivity index (χ3v) is 4.39. The van der Waals surface area contributed by atoms with Crippen LogP contribution in [-0.2, 0) is 9.59 Å². The lowest BCUT2D eigenvalue weighted by molar-refractivity contribution is -0.127. The molecule has 0 aromatic rings. The van der Waals surface area contributed by atoms with E-state index in [1.54, 1.807) is 6.92 Å². The zero-order valence-electron chi connectivity index (χ0n) is 11.6. The Morgan fingerprint density at radius 3 is 2.72 bits per heavy atom. The van der Waals surface area contributed by atoms with Crippen molar-refractivity contribution in [2.75, 3.05) is 18.8 Å². The molecule has 1 rings (SSSR count). The van der Waals surface area contributed by atoms with Crippen LogP contribution in [0, 0.1) is 5.92 Å². The van der Waals surface area contributed by atoms with Crippen LogP contribution in [0.3, 0.4) is 0 Å². The smallest absolute Gasteiger partial charge is 0.222 e. The highest BCUT2D eigenvalue weighted by atomic mass is 32.2. The van der Waals surface area contributed by atoms with Crippen LogP contribution in [-0.4, -0.2) is 34.8 Å². The van der Waals surface area contributed by atoms with Gasteiger partial charge in [0.05, 0.1) is 0 Å². The van der Waals surface area contributed by atoms with Crippen molar-refractivity contribution in [2.24, 2.45) is 5.92 Å². The fraction of sp³-hybridized carbons (Fsp3) is 0.857. The highest BCUT2D eigenvalue weighted by Gasteiger charge is 2.29. The number of carbonyl (C=O) groups excluding carboxylic acids is 2. The Bertz CT molecular complexity index is 281. The second kappa shape index (κ2) is 8.57. The van der Waals surface area contributed by atoms with Gasteiger partial charge in [-0.3, -0.25) is 9.59 Å². The van der Waals surface area contributed by atoms with Gasteiger partial charge in [0.2, 0.25) is 5.91 Å². The largest absolute Gasteiger partial charge is 0.342 e. The standard InChI is InChI=1S/C14H25NO2S/c1-3-4-5-6-7-8-15-10-13(9-14(15)17)11-18-12(2)16/h13H,3-11H2,1-2H3. The molecule has 0 aromatic carbocycles. The van der Waals surface area contributed by atoms with E-state index in [1.165, 1.54) is 37.4 Å². The Morgan fingerprint density at radius 1 is 1.33 bits per heavy atom. The highest BCUT2D eigenvalue weighted by Crippen LogP contribution is 2.22. The molecule has 1 saturated heterocycles. The average molecular weight is 271 g/mol. The lowest BCUT2D eigenvalue weighted by Gasteiger charge is -2.16. The number of hydrogen-bond acceptors (Lipinski definition) is 3. The van der Waals surface area contributed by atoms with E-state index in [0.29, 0.717) is 12.3 Å². The zero-order chi connectivity index (χ0) is 13.4. The summed E-state index contributed by atoms with van der Waals surface area (Å²) in [5.41, 5.74) is 0. The molecule has 0 saturated carbocycles. The van der Waals surface area contributed by atoms with E-state index in [9.17, 15) is 9.59 Å². The molecule has 18 heavy (non-hydrogen) atoms. The molecule has 1 unspecified atom stereocenters. The Labute approximate surface area is 115 Å². The van der Waals surface area contributed by atoms with Crippen LogP contribution < -0.4 is 0 Å². The van der Waals surface area contributed by atoms with Crippen molar-refractivity contribution in [2.45, 2.75) is 52.4 Å². The van der Waals surface area contributed by atoms with Crippen molar-refractivity contribution >= 4 is 22.8 Å². The minimum absolute atomic E-state index is 0.153. The monoisotopic (exact) mass is 271 g/mol. The quantitative estimate of drug-likeness (QED) is 0.637. The van der Waals surface area contributed by atoms with E-state index in [0.717, 1.165) is 25.3 Å². The van der Waals surface area contributed by atoms with Crippen LogP contribution in [0.5, 0.6) is 0 Å². The van der Waals surface area contributed by atoms with Gasteiger partial charge in [0.1, 0.15) is 0 Å². The van der Waals surface area contributed by atoms with Gasteiger partial charge in [-0.05, 0) is 12.3 Å². The molecule has 0 aliphatic carbocycles. The van der Waals surface area contributed by atoms with Crippen molar-refractivity contribution in [1.29, 1.82) is 0 Å². The Kier molecular flexibility index (Phi) is 7.40. The van der Waals surface area contributed by atoms with E-state index < -0.39 is 0 Å². The maximum Gasteiger partial charge on any atom is 0.222 e. The van der Waals surface area contributed by atoms with Gasteiger partial charge in [0, 0.05) is 32.2 Å². The Balaban J connectivity index is 2.15. The molecule has 1 aliphatic rings. The molecule has 3 nitrogen and oxygen atoms in total. The van der Waals surface area contributed by atoms with Crippen molar-refractivity contribution in [3.05, 3.63) is 0 Å². The summed E-state index contributed by atoms with van der Waals surface area (Å²) in [7, 11) is 0. The van der Waals surface area contributed by atoms with E-state index >= 15 is 0 Å². The molecule has 0 radical (unpaired) electrons. The normalized spacial score (nSPS) is 19.6. The van der Waals surface area contributed by atoms with E-state index in [1.807, 2.05) is 4.90 Å². The molecule has 1 amide bonds. The molecule has 0 spiro atoms. The van der Waals surface area contributed by atoms with Gasteiger partial charge in [-0.25, -0.2) is 0 Å². The summed E-state index contributed by atoms with van der Waals surface area (Å²) in [6, 6.07) is 0. The molecule has 4 heteroatoms. The van der Waals surface area contributed by atoms with Gasteiger partial charge in [-0.2, -0.15) is 0 Å². The number of hydrogen-bond donors (Lipinski definition) is 0. The number of carbonyl (C=O) groups is 2. The lowest BCUT2D eigenvalue weighted by atomic mass is 10.1. The second-order valence-corrected chi connectivity index (χ2v) is 6.32. The number of nitrogens with zero attached hydrogens (tertiary/aromatic N) is 1. The lowest BCUT2D eigenvalue weighted by Crippen LogP contribution is -2.26. The third-order valence-electron chi connectivity index (χ3n) is 3.35. The van der Waals surface area contributed by atoms with Crippen LogP contribution in [0.15, 0.2) is 0 Å². The first kappa shape index (κ1) is 15.5. The molecule has 0 aromatic heterocycles. The molecule has 1 fully saturated rings. The Morgan fingerprint density at radius 2 is 2.06 bits per heavy atom. The number of rotatable bonds is 8. The number of likely N-dealkylation sites (tertiary alicyclic amines) is 1. The maximum atomic E-state index is 11.8. The van der Waals surface area contributed by atoms with Crippen molar-refractivity contribution in [1.82, 2.24) is 4.90 Å². The minimum atomic E-state index is 0.153. The third kappa shape index (κ3) is 5.89. The van der Waals surface area contributed by atoms with Gasteiger partial charge in [0.25, 0.3) is 0 Å². The topological polar surface area (TPSA) is 37.4 Å². The van der Waals surface area contributed by atoms with Gasteiger partial charge >= 0.3 is 0 Å². The van der Waals surface area contributed by atoms with E-state index in [4.69, 9.17) is 0 Å². The number of amides is 1. The van der Waals surface area contributed by atoms with Crippen LogP contribution in [0.1, 0.15) is 52.4 Å². The molecule has 0 N–H and O–H groups in total.